The summed E-state index contributed by atoms with van der Waals surface area (Å²) in [5.74, 6) is -0.400. The lowest BCUT2D eigenvalue weighted by molar-refractivity contribution is 0.471. The first kappa shape index (κ1) is 7.60. The van der Waals surface area contributed by atoms with Gasteiger partial charge >= 0.3 is 5.76 Å². The van der Waals surface area contributed by atoms with Crippen molar-refractivity contribution in [2.45, 2.75) is 0 Å². The van der Waals surface area contributed by atoms with Crippen molar-refractivity contribution in [3.8, 4) is 0 Å². The Morgan fingerprint density at radius 3 is 2.64 bits per heavy atom. The molecule has 0 atom stereocenters. The van der Waals surface area contributed by atoms with E-state index in [0.29, 0.717) is 10.8 Å². The van der Waals surface area contributed by atoms with Gasteiger partial charge in [-0.15, -0.1) is 0 Å². The Bertz CT molecular complexity index is 422. The van der Waals surface area contributed by atoms with Crippen LogP contribution in [0.25, 0.3) is 12.7 Å². The Kier molecular flexibility index (Phi) is 1.81. The van der Waals surface area contributed by atoms with E-state index in [1.165, 1.54) is 4.57 Å². The molecule has 0 fully saturated rings. The Labute approximate surface area is 63.6 Å². The average molecular weight is 151 g/mol. The summed E-state index contributed by atoms with van der Waals surface area (Å²) in [6.07, 6.45) is 3.26. The molecular weight excluding hydrogens is 142 g/mol. The summed E-state index contributed by atoms with van der Waals surface area (Å²) in [6.45, 7) is 7.06. The summed E-state index contributed by atoms with van der Waals surface area (Å²) in [5, 5.41) is 0.657. The SMILES string of the molecule is C=C/C=c1\c(=C)oc(=O)n1C. The quantitative estimate of drug-likeness (QED) is 0.535. The molecule has 1 aromatic heterocycles. The van der Waals surface area contributed by atoms with Gasteiger partial charge in [0.15, 0.2) is 0 Å². The van der Waals surface area contributed by atoms with Crippen LogP contribution < -0.4 is 16.5 Å². The number of rotatable bonds is 1. The molecule has 1 aromatic rings. The van der Waals surface area contributed by atoms with Crippen molar-refractivity contribution >= 4 is 12.7 Å². The standard InChI is InChI=1S/C8H9NO2/c1-4-5-7-6(2)11-8(10)9(7)3/h4-5H,1-2H2,3H3/b7-5+. The molecule has 0 unspecified atom stereocenters. The van der Waals surface area contributed by atoms with Gasteiger partial charge in [0.05, 0.1) is 5.35 Å². The van der Waals surface area contributed by atoms with Gasteiger partial charge in [0.25, 0.3) is 0 Å². The molecule has 0 spiro atoms. The third-order valence-corrected chi connectivity index (χ3v) is 1.41. The van der Waals surface area contributed by atoms with E-state index in [1.54, 1.807) is 19.2 Å². The number of hydrogen-bond donors (Lipinski definition) is 0. The van der Waals surface area contributed by atoms with Crippen LogP contribution in [0.2, 0.25) is 0 Å². The molecule has 0 aliphatic heterocycles. The Morgan fingerprint density at radius 2 is 2.27 bits per heavy atom. The summed E-state index contributed by atoms with van der Waals surface area (Å²) in [5.41, 5.74) is 0.373. The maximum absolute atomic E-state index is 10.8. The second-order valence-electron chi connectivity index (χ2n) is 2.14. The Morgan fingerprint density at radius 1 is 1.64 bits per heavy atom. The molecule has 0 aliphatic rings. The Balaban J connectivity index is 3.73. The molecular formula is C8H9NO2. The number of oxazole rings is 1. The zero-order chi connectivity index (χ0) is 8.43. The molecule has 0 saturated carbocycles. The number of nitrogens with zero attached hydrogens (tertiary/aromatic N) is 1. The van der Waals surface area contributed by atoms with Crippen molar-refractivity contribution in [3.63, 3.8) is 0 Å². The van der Waals surface area contributed by atoms with Crippen LogP contribution in [0.3, 0.4) is 0 Å². The summed E-state index contributed by atoms with van der Waals surface area (Å²) in [4.78, 5) is 10.8. The monoisotopic (exact) mass is 151 g/mol. The van der Waals surface area contributed by atoms with Crippen LogP contribution in [-0.2, 0) is 7.05 Å². The van der Waals surface area contributed by atoms with Gasteiger partial charge in [-0.25, -0.2) is 4.79 Å². The van der Waals surface area contributed by atoms with Gasteiger partial charge in [0.2, 0.25) is 0 Å². The van der Waals surface area contributed by atoms with Crippen LogP contribution in [0.1, 0.15) is 0 Å². The maximum Gasteiger partial charge on any atom is 0.419 e. The first-order valence-electron chi connectivity index (χ1n) is 3.14. The molecule has 0 saturated heterocycles. The zero-order valence-electron chi connectivity index (χ0n) is 6.33. The highest BCUT2D eigenvalue weighted by Crippen LogP contribution is 1.63. The topological polar surface area (TPSA) is 35.1 Å². The minimum Gasteiger partial charge on any atom is -0.408 e. The molecule has 0 aliphatic carbocycles. The molecule has 0 N–H and O–H groups in total. The van der Waals surface area contributed by atoms with Crippen molar-refractivity contribution in [1.29, 1.82) is 0 Å². The van der Waals surface area contributed by atoms with Crippen LogP contribution in [0, 0.1) is 0 Å². The largest absolute Gasteiger partial charge is 0.419 e. The number of aromatic nitrogens is 1. The van der Waals surface area contributed by atoms with Gasteiger partial charge in [-0.1, -0.05) is 19.2 Å². The second-order valence-corrected chi connectivity index (χ2v) is 2.14. The van der Waals surface area contributed by atoms with Gasteiger partial charge in [-0.05, 0) is 6.08 Å². The predicted octanol–water partition coefficient (Wildman–Crippen LogP) is -0.645. The van der Waals surface area contributed by atoms with Crippen LogP contribution >= 0.6 is 0 Å². The first-order chi connectivity index (χ1) is 5.16. The first-order valence-corrected chi connectivity index (χ1v) is 3.14. The molecule has 3 nitrogen and oxygen atoms in total. The minimum atomic E-state index is -0.400. The molecule has 1 rings (SSSR count). The van der Waals surface area contributed by atoms with E-state index in [-0.39, 0.29) is 0 Å². The maximum atomic E-state index is 10.8. The highest BCUT2D eigenvalue weighted by atomic mass is 16.4. The van der Waals surface area contributed by atoms with Crippen molar-refractivity contribution in [1.82, 2.24) is 4.57 Å². The van der Waals surface area contributed by atoms with Crippen molar-refractivity contribution < 1.29 is 4.42 Å². The van der Waals surface area contributed by atoms with E-state index in [0.717, 1.165) is 0 Å². The van der Waals surface area contributed by atoms with Crippen molar-refractivity contribution in [2.75, 3.05) is 0 Å². The molecule has 3 heteroatoms. The lowest BCUT2D eigenvalue weighted by Crippen LogP contribution is -2.28. The van der Waals surface area contributed by atoms with Crippen LogP contribution in [0.15, 0.2) is 21.9 Å². The van der Waals surface area contributed by atoms with Crippen molar-refractivity contribution in [2.24, 2.45) is 7.05 Å². The fraction of sp³-hybridized carbons (Fsp3) is 0.125. The van der Waals surface area contributed by atoms with Gasteiger partial charge in [0.1, 0.15) is 5.42 Å². The summed E-state index contributed by atoms with van der Waals surface area (Å²) in [7, 11) is 1.62. The third-order valence-electron chi connectivity index (χ3n) is 1.41. The average Bonchev–Trinajstić information content (AvgIpc) is 2.17. The van der Waals surface area contributed by atoms with Gasteiger partial charge in [0, 0.05) is 7.05 Å². The van der Waals surface area contributed by atoms with Gasteiger partial charge in [-0.3, -0.25) is 4.57 Å². The predicted molar refractivity (Wildman–Crippen MR) is 43.4 cm³/mol. The summed E-state index contributed by atoms with van der Waals surface area (Å²) in [6, 6.07) is 0. The van der Waals surface area contributed by atoms with E-state index >= 15 is 0 Å². The number of allylic oxidation sites excluding steroid dienone is 1. The molecule has 0 aromatic carbocycles. The summed E-state index contributed by atoms with van der Waals surface area (Å²) >= 11 is 0. The summed E-state index contributed by atoms with van der Waals surface area (Å²) < 4.78 is 6.09. The van der Waals surface area contributed by atoms with Gasteiger partial charge < -0.3 is 4.42 Å². The van der Waals surface area contributed by atoms with E-state index < -0.39 is 5.76 Å². The highest BCUT2D eigenvalue weighted by Gasteiger charge is 1.95. The smallest absolute Gasteiger partial charge is 0.408 e. The van der Waals surface area contributed by atoms with Gasteiger partial charge in [-0.2, -0.15) is 0 Å². The lowest BCUT2D eigenvalue weighted by Gasteiger charge is -1.81. The van der Waals surface area contributed by atoms with Crippen LogP contribution in [0.4, 0.5) is 0 Å². The van der Waals surface area contributed by atoms with Crippen LogP contribution in [-0.4, -0.2) is 4.57 Å². The fourth-order valence-electron chi connectivity index (χ4n) is 0.828. The van der Waals surface area contributed by atoms with E-state index in [9.17, 15) is 4.79 Å². The normalized spacial score (nSPS) is 11.9. The molecule has 1 heterocycles. The number of hydrogen-bond acceptors (Lipinski definition) is 2. The molecule has 0 bridgehead atoms. The van der Waals surface area contributed by atoms with E-state index in [4.69, 9.17) is 4.42 Å². The molecule has 0 amide bonds. The molecule has 11 heavy (non-hydrogen) atoms. The lowest BCUT2D eigenvalue weighted by atomic mass is 10.5. The minimum absolute atomic E-state index is 0.373. The second kappa shape index (κ2) is 2.62. The Hall–Kier alpha value is -1.51. The molecule has 0 radical (unpaired) electrons. The zero-order valence-corrected chi connectivity index (χ0v) is 6.33. The van der Waals surface area contributed by atoms with Crippen LogP contribution in [0.5, 0.6) is 0 Å². The fourth-order valence-corrected chi connectivity index (χ4v) is 0.828. The van der Waals surface area contributed by atoms with Crippen molar-refractivity contribution in [3.05, 3.63) is 34.0 Å². The highest BCUT2D eigenvalue weighted by molar-refractivity contribution is 5.32. The van der Waals surface area contributed by atoms with E-state index in [1.807, 2.05) is 0 Å². The molecule has 58 valence electrons. The third kappa shape index (κ3) is 1.17. The van der Waals surface area contributed by atoms with E-state index in [2.05, 4.69) is 13.2 Å².